The summed E-state index contributed by atoms with van der Waals surface area (Å²) < 4.78 is 10.6. The fraction of sp³-hybridized carbons (Fsp3) is 0.250. The van der Waals surface area contributed by atoms with E-state index >= 15 is 0 Å². The standard InChI is InChI=1S/C16H14N6O4/c1-9-18-14(21-26-9)10-2-6-12(7-3-10)25-16-17-8-13(22(23)24)15(20-16)19-11-4-5-11/h2-3,6-8,11H,4-5H2,1H3,(H,17,19,20). The quantitative estimate of drug-likeness (QED) is 0.524. The van der Waals surface area contributed by atoms with Gasteiger partial charge in [0.05, 0.1) is 4.92 Å². The number of rotatable bonds is 6. The molecule has 2 heterocycles. The number of ether oxygens (including phenoxy) is 1. The first kappa shape index (κ1) is 15.9. The Morgan fingerprint density at radius 2 is 2.04 bits per heavy atom. The first-order valence-corrected chi connectivity index (χ1v) is 7.95. The molecule has 0 bridgehead atoms. The zero-order valence-corrected chi connectivity index (χ0v) is 13.7. The Morgan fingerprint density at radius 3 is 2.65 bits per heavy atom. The van der Waals surface area contributed by atoms with Crippen LogP contribution < -0.4 is 10.1 Å². The van der Waals surface area contributed by atoms with Crippen LogP contribution in [0.25, 0.3) is 11.4 Å². The van der Waals surface area contributed by atoms with Crippen LogP contribution in [0.2, 0.25) is 0 Å². The smallest absolute Gasteiger partial charge is 0.329 e. The maximum Gasteiger partial charge on any atom is 0.329 e. The number of nitrogens with one attached hydrogen (secondary N) is 1. The summed E-state index contributed by atoms with van der Waals surface area (Å²) in [6.07, 6.45) is 3.08. The van der Waals surface area contributed by atoms with Gasteiger partial charge in [-0.05, 0) is 37.1 Å². The van der Waals surface area contributed by atoms with Gasteiger partial charge in [0.1, 0.15) is 11.9 Å². The largest absolute Gasteiger partial charge is 0.424 e. The van der Waals surface area contributed by atoms with Crippen LogP contribution in [0, 0.1) is 17.0 Å². The molecule has 0 unspecified atom stereocenters. The summed E-state index contributed by atoms with van der Waals surface area (Å²) in [5, 5.41) is 18.0. The van der Waals surface area contributed by atoms with Crippen LogP contribution in [0.5, 0.6) is 11.8 Å². The van der Waals surface area contributed by atoms with Crippen LogP contribution in [-0.2, 0) is 0 Å². The number of nitro groups is 1. The molecular weight excluding hydrogens is 340 g/mol. The molecular formula is C16H14N6O4. The zero-order valence-electron chi connectivity index (χ0n) is 13.7. The third-order valence-electron chi connectivity index (χ3n) is 3.71. The molecule has 26 heavy (non-hydrogen) atoms. The SMILES string of the molecule is Cc1nc(-c2ccc(Oc3ncc([N+](=O)[O-])c(NC4CC4)n3)cc2)no1. The minimum atomic E-state index is -0.518. The third-order valence-corrected chi connectivity index (χ3v) is 3.71. The van der Waals surface area contributed by atoms with E-state index in [9.17, 15) is 10.1 Å². The number of aryl methyl sites for hydroxylation is 1. The monoisotopic (exact) mass is 354 g/mol. The third kappa shape index (κ3) is 3.43. The fourth-order valence-electron chi connectivity index (χ4n) is 2.26. The molecule has 1 fully saturated rings. The van der Waals surface area contributed by atoms with Crippen molar-refractivity contribution < 1.29 is 14.2 Å². The summed E-state index contributed by atoms with van der Waals surface area (Å²) in [6.45, 7) is 1.72. The first-order valence-electron chi connectivity index (χ1n) is 7.95. The minimum absolute atomic E-state index is 0.0295. The highest BCUT2D eigenvalue weighted by Gasteiger charge is 2.26. The molecule has 132 valence electrons. The molecule has 0 radical (unpaired) electrons. The number of hydrogen-bond donors (Lipinski definition) is 1. The van der Waals surface area contributed by atoms with E-state index in [0.29, 0.717) is 17.5 Å². The van der Waals surface area contributed by atoms with Gasteiger partial charge in [0.15, 0.2) is 0 Å². The lowest BCUT2D eigenvalue weighted by Crippen LogP contribution is -2.07. The van der Waals surface area contributed by atoms with E-state index < -0.39 is 4.92 Å². The summed E-state index contributed by atoms with van der Waals surface area (Å²) in [4.78, 5) is 22.8. The molecule has 0 spiro atoms. The Hall–Kier alpha value is -3.56. The van der Waals surface area contributed by atoms with Crippen molar-refractivity contribution in [1.82, 2.24) is 20.1 Å². The molecule has 10 heteroatoms. The number of benzene rings is 1. The summed E-state index contributed by atoms with van der Waals surface area (Å²) >= 11 is 0. The van der Waals surface area contributed by atoms with Crippen LogP contribution >= 0.6 is 0 Å². The molecule has 0 saturated heterocycles. The van der Waals surface area contributed by atoms with E-state index in [1.54, 1.807) is 31.2 Å². The van der Waals surface area contributed by atoms with Gasteiger partial charge in [-0.15, -0.1) is 0 Å². The minimum Gasteiger partial charge on any atom is -0.424 e. The van der Waals surface area contributed by atoms with Gasteiger partial charge < -0.3 is 14.6 Å². The van der Waals surface area contributed by atoms with E-state index in [0.717, 1.165) is 24.6 Å². The molecule has 10 nitrogen and oxygen atoms in total. The predicted molar refractivity (Wildman–Crippen MR) is 89.9 cm³/mol. The highest BCUT2D eigenvalue weighted by Crippen LogP contribution is 2.31. The van der Waals surface area contributed by atoms with Gasteiger partial charge >= 0.3 is 11.7 Å². The number of anilines is 1. The number of hydrogen-bond acceptors (Lipinski definition) is 9. The van der Waals surface area contributed by atoms with Crippen molar-refractivity contribution in [2.45, 2.75) is 25.8 Å². The fourth-order valence-corrected chi connectivity index (χ4v) is 2.26. The highest BCUT2D eigenvalue weighted by molar-refractivity contribution is 5.57. The van der Waals surface area contributed by atoms with E-state index in [4.69, 9.17) is 9.26 Å². The van der Waals surface area contributed by atoms with Crippen molar-refractivity contribution in [3.63, 3.8) is 0 Å². The Bertz CT molecular complexity index is 952. The summed E-state index contributed by atoms with van der Waals surface area (Å²) in [6, 6.07) is 7.21. The average molecular weight is 354 g/mol. The molecule has 0 amide bonds. The maximum atomic E-state index is 11.1. The average Bonchev–Trinajstić information content (AvgIpc) is 3.33. The van der Waals surface area contributed by atoms with Crippen LogP contribution in [0.4, 0.5) is 11.5 Å². The van der Waals surface area contributed by atoms with Crippen molar-refractivity contribution in [3.05, 3.63) is 46.5 Å². The van der Waals surface area contributed by atoms with Gasteiger partial charge in [0, 0.05) is 18.5 Å². The molecule has 4 rings (SSSR count). The molecule has 0 aliphatic heterocycles. The second-order valence-electron chi connectivity index (χ2n) is 5.83. The van der Waals surface area contributed by atoms with Gasteiger partial charge in [0.25, 0.3) is 0 Å². The van der Waals surface area contributed by atoms with Crippen LogP contribution in [-0.4, -0.2) is 31.1 Å². The summed E-state index contributed by atoms with van der Waals surface area (Å²) in [7, 11) is 0. The van der Waals surface area contributed by atoms with E-state index in [-0.39, 0.29) is 23.6 Å². The normalized spacial score (nSPS) is 13.4. The molecule has 1 aliphatic carbocycles. The van der Waals surface area contributed by atoms with Gasteiger partial charge in [0.2, 0.25) is 17.5 Å². The molecule has 0 atom stereocenters. The van der Waals surface area contributed by atoms with Gasteiger partial charge in [-0.2, -0.15) is 15.0 Å². The predicted octanol–water partition coefficient (Wildman–Crippen LogP) is 3.11. The topological polar surface area (TPSA) is 129 Å². The lowest BCUT2D eigenvalue weighted by atomic mass is 10.2. The van der Waals surface area contributed by atoms with Crippen molar-refractivity contribution in [3.8, 4) is 23.1 Å². The zero-order chi connectivity index (χ0) is 18.1. The first-order chi connectivity index (χ1) is 12.6. The molecule has 3 aromatic rings. The summed E-state index contributed by atoms with van der Waals surface area (Å²) in [5.74, 6) is 1.62. The summed E-state index contributed by atoms with van der Waals surface area (Å²) in [5.41, 5.74) is 0.599. The molecule has 1 aliphatic rings. The van der Waals surface area contributed by atoms with Gasteiger partial charge in [-0.3, -0.25) is 10.1 Å². The Balaban J connectivity index is 1.53. The van der Waals surface area contributed by atoms with Crippen molar-refractivity contribution in [1.29, 1.82) is 0 Å². The van der Waals surface area contributed by atoms with E-state index in [1.807, 2.05) is 0 Å². The maximum absolute atomic E-state index is 11.1. The van der Waals surface area contributed by atoms with Crippen LogP contribution in [0.1, 0.15) is 18.7 Å². The van der Waals surface area contributed by atoms with E-state index in [1.165, 1.54) is 0 Å². The van der Waals surface area contributed by atoms with E-state index in [2.05, 4.69) is 25.4 Å². The Morgan fingerprint density at radius 1 is 1.27 bits per heavy atom. The number of nitrogens with zero attached hydrogens (tertiary/aromatic N) is 5. The molecule has 2 aromatic heterocycles. The van der Waals surface area contributed by atoms with Crippen molar-refractivity contribution in [2.75, 3.05) is 5.32 Å². The van der Waals surface area contributed by atoms with Gasteiger partial charge in [-0.1, -0.05) is 5.16 Å². The Kier molecular flexibility index (Phi) is 3.92. The second-order valence-corrected chi connectivity index (χ2v) is 5.83. The molecule has 1 N–H and O–H groups in total. The second kappa shape index (κ2) is 6.39. The molecule has 1 saturated carbocycles. The number of aromatic nitrogens is 4. The van der Waals surface area contributed by atoms with Crippen LogP contribution in [0.3, 0.4) is 0 Å². The highest BCUT2D eigenvalue weighted by atomic mass is 16.6. The van der Waals surface area contributed by atoms with Crippen molar-refractivity contribution in [2.24, 2.45) is 0 Å². The van der Waals surface area contributed by atoms with Crippen molar-refractivity contribution >= 4 is 11.5 Å². The van der Waals surface area contributed by atoms with Crippen LogP contribution in [0.15, 0.2) is 35.0 Å². The lowest BCUT2D eigenvalue weighted by Gasteiger charge is -2.07. The lowest BCUT2D eigenvalue weighted by molar-refractivity contribution is -0.384. The van der Waals surface area contributed by atoms with Gasteiger partial charge in [-0.25, -0.2) is 0 Å². The molecule has 1 aromatic carbocycles. The Labute approximate surface area is 147 Å².